The van der Waals surface area contributed by atoms with Crippen LogP contribution in [0.3, 0.4) is 0 Å². The van der Waals surface area contributed by atoms with E-state index >= 15 is 0 Å². The Morgan fingerprint density at radius 2 is 1.88 bits per heavy atom. The molecule has 1 fully saturated rings. The zero-order chi connectivity index (χ0) is 17.4. The minimum Gasteiger partial charge on any atom is -0.347 e. The van der Waals surface area contributed by atoms with Gasteiger partial charge in [-0.15, -0.1) is 0 Å². The molecule has 0 saturated carbocycles. The minimum atomic E-state index is -0.0725. The first-order chi connectivity index (χ1) is 12.1. The quantitative estimate of drug-likeness (QED) is 0.836. The van der Waals surface area contributed by atoms with Gasteiger partial charge < -0.3 is 9.80 Å². The van der Waals surface area contributed by atoms with Crippen LogP contribution in [0, 0.1) is 0 Å². The number of anilines is 1. The number of carbonyl (C=O) groups excluding carboxylic acids is 1. The number of amides is 1. The standard InChI is InChI=1S/C20H25N3OS/c1-14(2)23-17(19(24)22-11-7-4-8-12-22)13-16-20(23)25-18(21-16)15-9-5-3-6-10-15/h3,5-6,9-10,14,17H,4,7-8,11-13H2,1-2H3. The fraction of sp³-hybridized carbons (Fsp3) is 0.500. The van der Waals surface area contributed by atoms with E-state index in [1.807, 2.05) is 18.2 Å². The number of piperidine rings is 1. The molecule has 25 heavy (non-hydrogen) atoms. The fourth-order valence-corrected chi connectivity index (χ4v) is 5.21. The maximum Gasteiger partial charge on any atom is 0.245 e. The summed E-state index contributed by atoms with van der Waals surface area (Å²) in [6.45, 7) is 6.18. The normalized spacial score (nSPS) is 20.2. The van der Waals surface area contributed by atoms with E-state index in [1.165, 1.54) is 11.4 Å². The Bertz CT molecular complexity index is 750. The first-order valence-electron chi connectivity index (χ1n) is 9.27. The zero-order valence-corrected chi connectivity index (χ0v) is 15.8. The van der Waals surface area contributed by atoms with Gasteiger partial charge in [0.1, 0.15) is 16.1 Å². The van der Waals surface area contributed by atoms with Gasteiger partial charge in [-0.05, 0) is 33.1 Å². The molecule has 2 aromatic rings. The van der Waals surface area contributed by atoms with E-state index in [9.17, 15) is 4.79 Å². The Morgan fingerprint density at radius 1 is 1.16 bits per heavy atom. The average molecular weight is 356 g/mol. The summed E-state index contributed by atoms with van der Waals surface area (Å²) in [5.74, 6) is 0.292. The molecule has 0 radical (unpaired) electrons. The first kappa shape index (κ1) is 16.6. The third-order valence-electron chi connectivity index (χ3n) is 5.16. The van der Waals surface area contributed by atoms with Crippen LogP contribution in [0.15, 0.2) is 30.3 Å². The van der Waals surface area contributed by atoms with E-state index in [1.54, 1.807) is 11.3 Å². The second-order valence-corrected chi connectivity index (χ2v) is 8.22. The van der Waals surface area contributed by atoms with Crippen molar-refractivity contribution in [2.24, 2.45) is 0 Å². The molecule has 1 saturated heterocycles. The van der Waals surface area contributed by atoms with Crippen LogP contribution in [0.5, 0.6) is 0 Å². The van der Waals surface area contributed by atoms with Crippen LogP contribution in [0.25, 0.3) is 10.6 Å². The lowest BCUT2D eigenvalue weighted by molar-refractivity contribution is -0.133. The molecular formula is C20H25N3OS. The van der Waals surface area contributed by atoms with Crippen LogP contribution in [0.4, 0.5) is 5.00 Å². The summed E-state index contributed by atoms with van der Waals surface area (Å²) in [5, 5.41) is 2.24. The van der Waals surface area contributed by atoms with Gasteiger partial charge in [0.15, 0.2) is 0 Å². The molecule has 0 spiro atoms. The monoisotopic (exact) mass is 355 g/mol. The Hall–Kier alpha value is -1.88. The molecule has 1 aromatic carbocycles. The summed E-state index contributed by atoms with van der Waals surface area (Å²) in [4.78, 5) is 22.3. The Balaban J connectivity index is 1.61. The van der Waals surface area contributed by atoms with E-state index in [0.29, 0.717) is 11.9 Å². The number of fused-ring (bicyclic) bond motifs is 1. The van der Waals surface area contributed by atoms with Crippen molar-refractivity contribution in [1.29, 1.82) is 0 Å². The minimum absolute atomic E-state index is 0.0725. The molecule has 0 N–H and O–H groups in total. The van der Waals surface area contributed by atoms with Gasteiger partial charge in [-0.25, -0.2) is 4.98 Å². The van der Waals surface area contributed by atoms with Crippen molar-refractivity contribution in [3.8, 4) is 10.6 Å². The van der Waals surface area contributed by atoms with Crippen LogP contribution in [-0.4, -0.2) is 41.0 Å². The predicted molar refractivity (Wildman–Crippen MR) is 103 cm³/mol. The number of aromatic nitrogens is 1. The van der Waals surface area contributed by atoms with Crippen LogP contribution in [-0.2, 0) is 11.2 Å². The maximum absolute atomic E-state index is 13.1. The van der Waals surface area contributed by atoms with Crippen molar-refractivity contribution in [3.05, 3.63) is 36.0 Å². The number of thiazole rings is 1. The van der Waals surface area contributed by atoms with Crippen molar-refractivity contribution < 1.29 is 4.79 Å². The summed E-state index contributed by atoms with van der Waals surface area (Å²) in [7, 11) is 0. The summed E-state index contributed by atoms with van der Waals surface area (Å²) in [6.07, 6.45) is 4.26. The second kappa shape index (κ2) is 6.79. The number of carbonyl (C=O) groups is 1. The number of rotatable bonds is 3. The molecular weight excluding hydrogens is 330 g/mol. The molecule has 3 heterocycles. The predicted octanol–water partition coefficient (Wildman–Crippen LogP) is 3.96. The summed E-state index contributed by atoms with van der Waals surface area (Å²) in [5.41, 5.74) is 2.25. The second-order valence-electron chi connectivity index (χ2n) is 7.24. The summed E-state index contributed by atoms with van der Waals surface area (Å²) in [6, 6.07) is 10.5. The molecule has 1 amide bonds. The summed E-state index contributed by atoms with van der Waals surface area (Å²) >= 11 is 1.72. The van der Waals surface area contributed by atoms with Crippen molar-refractivity contribution in [3.63, 3.8) is 0 Å². The highest BCUT2D eigenvalue weighted by molar-refractivity contribution is 7.19. The highest BCUT2D eigenvalue weighted by Crippen LogP contribution is 2.42. The van der Waals surface area contributed by atoms with Gasteiger partial charge in [-0.1, -0.05) is 41.7 Å². The van der Waals surface area contributed by atoms with Crippen LogP contribution >= 0.6 is 11.3 Å². The van der Waals surface area contributed by atoms with E-state index in [0.717, 1.165) is 48.6 Å². The molecule has 2 aliphatic heterocycles. The molecule has 2 aliphatic rings. The fourth-order valence-electron chi connectivity index (χ4n) is 3.93. The number of hydrogen-bond donors (Lipinski definition) is 0. The molecule has 5 heteroatoms. The first-order valence-corrected chi connectivity index (χ1v) is 10.1. The van der Waals surface area contributed by atoms with E-state index in [2.05, 4.69) is 35.8 Å². The van der Waals surface area contributed by atoms with Gasteiger partial charge in [0.05, 0.1) is 5.69 Å². The molecule has 1 unspecified atom stereocenters. The van der Waals surface area contributed by atoms with Crippen LogP contribution < -0.4 is 4.90 Å². The smallest absolute Gasteiger partial charge is 0.245 e. The number of hydrogen-bond acceptors (Lipinski definition) is 4. The number of benzene rings is 1. The third-order valence-corrected chi connectivity index (χ3v) is 6.32. The molecule has 1 atom stereocenters. The highest BCUT2D eigenvalue weighted by atomic mass is 32.1. The lowest BCUT2D eigenvalue weighted by Crippen LogP contribution is -2.51. The van der Waals surface area contributed by atoms with Crippen molar-refractivity contribution in [2.45, 2.75) is 51.6 Å². The Kier molecular flexibility index (Phi) is 4.50. The van der Waals surface area contributed by atoms with Crippen molar-refractivity contribution in [2.75, 3.05) is 18.0 Å². The topological polar surface area (TPSA) is 36.4 Å². The van der Waals surface area contributed by atoms with Crippen molar-refractivity contribution in [1.82, 2.24) is 9.88 Å². The van der Waals surface area contributed by atoms with E-state index in [4.69, 9.17) is 4.98 Å². The molecule has 0 aliphatic carbocycles. The molecule has 0 bridgehead atoms. The van der Waals surface area contributed by atoms with Gasteiger partial charge in [-0.3, -0.25) is 4.79 Å². The summed E-state index contributed by atoms with van der Waals surface area (Å²) < 4.78 is 0. The average Bonchev–Trinajstić information content (AvgIpc) is 3.20. The van der Waals surface area contributed by atoms with Gasteiger partial charge >= 0.3 is 0 Å². The van der Waals surface area contributed by atoms with Gasteiger partial charge in [0.25, 0.3) is 0 Å². The van der Waals surface area contributed by atoms with Crippen LogP contribution in [0.2, 0.25) is 0 Å². The number of likely N-dealkylation sites (tertiary alicyclic amines) is 1. The van der Waals surface area contributed by atoms with Gasteiger partial charge in [0, 0.05) is 31.1 Å². The lowest BCUT2D eigenvalue weighted by atomic mass is 10.1. The Labute approximate surface area is 153 Å². The van der Waals surface area contributed by atoms with E-state index in [-0.39, 0.29) is 6.04 Å². The molecule has 4 rings (SSSR count). The zero-order valence-electron chi connectivity index (χ0n) is 14.9. The van der Waals surface area contributed by atoms with Crippen LogP contribution in [0.1, 0.15) is 38.8 Å². The maximum atomic E-state index is 13.1. The van der Waals surface area contributed by atoms with Gasteiger partial charge in [-0.2, -0.15) is 0 Å². The highest BCUT2D eigenvalue weighted by Gasteiger charge is 2.40. The molecule has 4 nitrogen and oxygen atoms in total. The lowest BCUT2D eigenvalue weighted by Gasteiger charge is -2.35. The molecule has 132 valence electrons. The van der Waals surface area contributed by atoms with Gasteiger partial charge in [0.2, 0.25) is 5.91 Å². The SMILES string of the molecule is CC(C)N1c2sc(-c3ccccc3)nc2CC1C(=O)N1CCCCC1. The van der Waals surface area contributed by atoms with Crippen molar-refractivity contribution >= 4 is 22.2 Å². The van der Waals surface area contributed by atoms with E-state index < -0.39 is 0 Å². The Morgan fingerprint density at radius 3 is 2.56 bits per heavy atom. The largest absolute Gasteiger partial charge is 0.347 e. The third kappa shape index (κ3) is 3.06. The number of nitrogens with zero attached hydrogens (tertiary/aromatic N) is 3. The molecule has 1 aromatic heterocycles.